The van der Waals surface area contributed by atoms with Crippen molar-refractivity contribution >= 4 is 34.8 Å². The fourth-order valence-corrected chi connectivity index (χ4v) is 6.71. The number of rotatable bonds is 10. The van der Waals surface area contributed by atoms with Crippen molar-refractivity contribution in [3.63, 3.8) is 0 Å². The van der Waals surface area contributed by atoms with Gasteiger partial charge in [0, 0.05) is 37.3 Å². The second kappa shape index (κ2) is 13.5. The summed E-state index contributed by atoms with van der Waals surface area (Å²) in [5, 5.41) is 27.8. The molecule has 244 valence electrons. The maximum Gasteiger partial charge on any atom is 0.264 e. The number of ether oxygens (including phenoxy) is 1. The third kappa shape index (κ3) is 6.18. The third-order valence-corrected chi connectivity index (χ3v) is 9.42. The maximum atomic E-state index is 14.1. The molecule has 3 atom stereocenters. The predicted octanol–water partition coefficient (Wildman–Crippen LogP) is 4.53. The third-order valence-electron chi connectivity index (χ3n) is 9.42. The number of carbonyl (C=O) groups excluding carboxylic acids is 3. The first-order valence-electron chi connectivity index (χ1n) is 16.1. The number of aliphatic hydroxyl groups is 2. The standard InChI is InChI=1S/C37H40N4O6/c1-25(8-6-12-34(43)39-21-7-11-29(39)24-42)37(46)31-22-30(47-2)17-19-33(31)40(36(37)45)23-26-13-15-28(16-14-26)41-35(44)20-18-32(38-41)27-9-4-3-5-10-27/h3-6,8-10,13-17,19,22,25,29,42,46H,7,11-12,18,20-21,23-24H2,1-2H3/b8-6+/t25-,29-,37+/m0/s1. The molecule has 3 aliphatic heterocycles. The Bertz CT molecular complexity index is 1710. The first kappa shape index (κ1) is 32.2. The molecule has 0 spiro atoms. The van der Waals surface area contributed by atoms with Gasteiger partial charge >= 0.3 is 0 Å². The zero-order valence-corrected chi connectivity index (χ0v) is 26.7. The molecule has 0 aliphatic carbocycles. The van der Waals surface area contributed by atoms with Crippen LogP contribution in [0.25, 0.3) is 0 Å². The van der Waals surface area contributed by atoms with E-state index in [-0.39, 0.29) is 37.4 Å². The minimum atomic E-state index is -1.88. The van der Waals surface area contributed by atoms with Gasteiger partial charge in [0.15, 0.2) is 5.60 Å². The number of hydrogen-bond acceptors (Lipinski definition) is 7. The molecule has 47 heavy (non-hydrogen) atoms. The molecule has 3 aromatic rings. The van der Waals surface area contributed by atoms with Crippen LogP contribution in [0.5, 0.6) is 5.75 Å². The Hall–Kier alpha value is -4.80. The topological polar surface area (TPSA) is 123 Å². The van der Waals surface area contributed by atoms with Crippen LogP contribution >= 0.6 is 0 Å². The molecule has 0 unspecified atom stereocenters. The lowest BCUT2D eigenvalue weighted by atomic mass is 9.83. The van der Waals surface area contributed by atoms with Crippen LogP contribution in [-0.4, -0.2) is 64.8 Å². The van der Waals surface area contributed by atoms with Crippen LogP contribution in [0.15, 0.2) is 90.0 Å². The number of hydrazone groups is 1. The number of anilines is 2. The van der Waals surface area contributed by atoms with Crippen molar-refractivity contribution in [3.8, 4) is 5.75 Å². The van der Waals surface area contributed by atoms with Crippen molar-refractivity contribution in [2.75, 3.05) is 30.2 Å². The smallest absolute Gasteiger partial charge is 0.264 e. The summed E-state index contributed by atoms with van der Waals surface area (Å²) >= 11 is 0. The molecule has 0 bridgehead atoms. The summed E-state index contributed by atoms with van der Waals surface area (Å²) in [4.78, 5) is 42.9. The highest BCUT2D eigenvalue weighted by Crippen LogP contribution is 2.47. The molecule has 0 radical (unpaired) electrons. The van der Waals surface area contributed by atoms with Gasteiger partial charge in [0.2, 0.25) is 11.8 Å². The Morgan fingerprint density at radius 1 is 1.09 bits per heavy atom. The van der Waals surface area contributed by atoms with Crippen LogP contribution < -0.4 is 14.6 Å². The number of methoxy groups -OCH3 is 1. The van der Waals surface area contributed by atoms with E-state index >= 15 is 0 Å². The molecular formula is C37H40N4O6. The molecule has 3 aliphatic rings. The summed E-state index contributed by atoms with van der Waals surface area (Å²) in [6.45, 7) is 2.51. The van der Waals surface area contributed by atoms with Crippen molar-refractivity contribution in [2.45, 2.75) is 57.2 Å². The van der Waals surface area contributed by atoms with Gasteiger partial charge in [0.25, 0.3) is 5.91 Å². The second-order valence-electron chi connectivity index (χ2n) is 12.3. The van der Waals surface area contributed by atoms with Gasteiger partial charge in [-0.25, -0.2) is 5.01 Å². The maximum absolute atomic E-state index is 14.1. The fourth-order valence-electron chi connectivity index (χ4n) is 6.71. The Labute approximate surface area is 274 Å². The Kier molecular flexibility index (Phi) is 9.24. The van der Waals surface area contributed by atoms with Crippen molar-refractivity contribution in [3.05, 3.63) is 102 Å². The number of nitrogens with zero attached hydrogens (tertiary/aromatic N) is 4. The summed E-state index contributed by atoms with van der Waals surface area (Å²) in [5.41, 5.74) is 2.40. The van der Waals surface area contributed by atoms with Crippen molar-refractivity contribution in [1.29, 1.82) is 0 Å². The van der Waals surface area contributed by atoms with Crippen molar-refractivity contribution < 1.29 is 29.3 Å². The molecule has 2 N–H and O–H groups in total. The quantitative estimate of drug-likeness (QED) is 0.316. The van der Waals surface area contributed by atoms with Gasteiger partial charge in [0.05, 0.1) is 43.4 Å². The molecule has 1 saturated heterocycles. The van der Waals surface area contributed by atoms with Gasteiger partial charge in [-0.3, -0.25) is 14.4 Å². The zero-order chi connectivity index (χ0) is 33.1. The monoisotopic (exact) mass is 636 g/mol. The number of amides is 3. The van der Waals surface area contributed by atoms with Crippen molar-refractivity contribution in [2.24, 2.45) is 11.0 Å². The lowest BCUT2D eigenvalue weighted by Gasteiger charge is -2.28. The molecule has 10 heteroatoms. The van der Waals surface area contributed by atoms with Crippen LogP contribution in [0.3, 0.4) is 0 Å². The number of carbonyl (C=O) groups is 3. The summed E-state index contributed by atoms with van der Waals surface area (Å²) in [7, 11) is 1.53. The average molecular weight is 637 g/mol. The molecule has 1 fully saturated rings. The van der Waals surface area contributed by atoms with E-state index in [2.05, 4.69) is 5.10 Å². The van der Waals surface area contributed by atoms with E-state index in [0.717, 1.165) is 29.7 Å². The van der Waals surface area contributed by atoms with Crippen LogP contribution in [-0.2, 0) is 26.5 Å². The van der Waals surface area contributed by atoms with E-state index in [1.54, 1.807) is 47.1 Å². The van der Waals surface area contributed by atoms with Crippen LogP contribution in [0.4, 0.5) is 11.4 Å². The highest BCUT2D eigenvalue weighted by Gasteiger charge is 2.52. The second-order valence-corrected chi connectivity index (χ2v) is 12.3. The number of benzene rings is 3. The number of fused-ring (bicyclic) bond motifs is 1. The van der Waals surface area contributed by atoms with Crippen LogP contribution in [0.2, 0.25) is 0 Å². The van der Waals surface area contributed by atoms with Crippen LogP contribution in [0, 0.1) is 5.92 Å². The van der Waals surface area contributed by atoms with Gasteiger partial charge in [-0.15, -0.1) is 0 Å². The Morgan fingerprint density at radius 2 is 1.85 bits per heavy atom. The van der Waals surface area contributed by atoms with E-state index < -0.39 is 17.4 Å². The predicted molar refractivity (Wildman–Crippen MR) is 179 cm³/mol. The summed E-state index contributed by atoms with van der Waals surface area (Å²) < 4.78 is 5.43. The van der Waals surface area contributed by atoms with Gasteiger partial charge in [-0.05, 0) is 54.3 Å². The lowest BCUT2D eigenvalue weighted by molar-refractivity contribution is -0.139. The summed E-state index contributed by atoms with van der Waals surface area (Å²) in [6.07, 6.45) is 6.10. The summed E-state index contributed by atoms with van der Waals surface area (Å²) in [5.74, 6) is -0.794. The van der Waals surface area contributed by atoms with Gasteiger partial charge < -0.3 is 24.7 Å². The molecular weight excluding hydrogens is 596 g/mol. The van der Waals surface area contributed by atoms with E-state index in [9.17, 15) is 24.6 Å². The van der Waals surface area contributed by atoms with E-state index in [0.29, 0.717) is 42.1 Å². The molecule has 3 heterocycles. The van der Waals surface area contributed by atoms with E-state index in [1.807, 2.05) is 54.6 Å². The molecule has 0 aromatic heterocycles. The molecule has 0 saturated carbocycles. The molecule has 3 aromatic carbocycles. The van der Waals surface area contributed by atoms with E-state index in [4.69, 9.17) is 4.74 Å². The minimum Gasteiger partial charge on any atom is -0.497 e. The van der Waals surface area contributed by atoms with Gasteiger partial charge in [-0.1, -0.05) is 61.5 Å². The van der Waals surface area contributed by atoms with Crippen molar-refractivity contribution in [1.82, 2.24) is 4.90 Å². The summed E-state index contributed by atoms with van der Waals surface area (Å²) in [6, 6.07) is 22.2. The highest BCUT2D eigenvalue weighted by molar-refractivity contribution is 6.09. The largest absolute Gasteiger partial charge is 0.497 e. The molecule has 6 rings (SSSR count). The minimum absolute atomic E-state index is 0.0587. The Morgan fingerprint density at radius 3 is 2.57 bits per heavy atom. The number of hydrogen-bond donors (Lipinski definition) is 2. The highest BCUT2D eigenvalue weighted by atomic mass is 16.5. The normalized spacial score (nSPS) is 21.7. The first-order chi connectivity index (χ1) is 22.7. The SMILES string of the molecule is COc1ccc2c(c1)[C@](O)([C@@H](C)/C=C/CC(=O)N1CCC[C@H]1CO)C(=O)N2Cc1ccc(N2N=C(c3ccccc3)CCC2=O)cc1. The molecule has 10 nitrogen and oxygen atoms in total. The van der Waals surface area contributed by atoms with Gasteiger partial charge in [0.1, 0.15) is 5.75 Å². The number of aliphatic hydroxyl groups excluding tert-OH is 1. The molecule has 3 amide bonds. The van der Waals surface area contributed by atoms with Gasteiger partial charge in [-0.2, -0.15) is 5.10 Å². The lowest BCUT2D eigenvalue weighted by Crippen LogP contribution is -2.44. The van der Waals surface area contributed by atoms with E-state index in [1.165, 1.54) is 12.1 Å². The first-order valence-corrected chi connectivity index (χ1v) is 16.1. The number of likely N-dealkylation sites (tertiary alicyclic amines) is 1. The fraction of sp³-hybridized carbons (Fsp3) is 0.351. The average Bonchev–Trinajstić information content (AvgIpc) is 3.67. The zero-order valence-electron chi connectivity index (χ0n) is 26.7. The van der Waals surface area contributed by atoms with Crippen LogP contribution in [0.1, 0.15) is 55.7 Å². The Balaban J connectivity index is 1.21.